The van der Waals surface area contributed by atoms with Gasteiger partial charge in [-0.2, -0.15) is 0 Å². The standard InChI is InChI=1S/C47H51NO14/c1-25-31(60-43(56)36(52)35(28-16-10-7-11-17-28)48-41(54)29-18-12-8-13-19-29)23-47(57)40(61-42(55)30-20-14-9-15-21-30)38-45(6,32(51)22-33-46(38,24-58-33)62-27(3)50)39(53)37(59-26(2)49)34(25)44(47,4)5/h7-21,31-33,35-38,40,51-52,57H,22-24H2,1-6H3,(H,48,54)/t31?,32?,33?,35?,36?,37?,38?,40?,45-,46+,47-/m1/s1. The van der Waals surface area contributed by atoms with Gasteiger partial charge < -0.3 is 44.3 Å². The number of Topliss-reactive ketones (excluding diaryl/α,β-unsaturated/α-hetero) is 1. The highest BCUT2D eigenvalue weighted by atomic mass is 16.6. The summed E-state index contributed by atoms with van der Waals surface area (Å²) in [6.45, 7) is 7.97. The van der Waals surface area contributed by atoms with E-state index in [1.807, 2.05) is 0 Å². The molecule has 3 aromatic rings. The number of benzene rings is 3. The summed E-state index contributed by atoms with van der Waals surface area (Å²) in [5.41, 5.74) is -7.02. The summed E-state index contributed by atoms with van der Waals surface area (Å²) in [5, 5.41) is 40.2. The highest BCUT2D eigenvalue weighted by Crippen LogP contribution is 2.64. The Morgan fingerprint density at radius 1 is 0.823 bits per heavy atom. The third kappa shape index (κ3) is 7.29. The van der Waals surface area contributed by atoms with Crippen molar-refractivity contribution in [2.45, 2.75) is 108 Å². The van der Waals surface area contributed by atoms with Crippen LogP contribution in [0.15, 0.2) is 102 Å². The summed E-state index contributed by atoms with van der Waals surface area (Å²) in [6, 6.07) is 22.9. The van der Waals surface area contributed by atoms with E-state index in [0.717, 1.165) is 13.8 Å². The molecule has 62 heavy (non-hydrogen) atoms. The second-order valence-electron chi connectivity index (χ2n) is 17.4. The first-order valence-electron chi connectivity index (χ1n) is 20.5. The molecule has 0 radical (unpaired) electrons. The van der Waals surface area contributed by atoms with Crippen molar-refractivity contribution in [3.05, 3.63) is 119 Å². The molecule has 0 spiro atoms. The number of hydrogen-bond acceptors (Lipinski definition) is 14. The minimum absolute atomic E-state index is 0.00289. The van der Waals surface area contributed by atoms with Crippen molar-refractivity contribution in [1.82, 2.24) is 5.32 Å². The topological polar surface area (TPSA) is 221 Å². The quantitative estimate of drug-likeness (QED) is 0.130. The van der Waals surface area contributed by atoms with Gasteiger partial charge in [0.25, 0.3) is 5.91 Å². The summed E-state index contributed by atoms with van der Waals surface area (Å²) in [5.74, 6) is -6.84. The van der Waals surface area contributed by atoms with E-state index in [9.17, 15) is 39.3 Å². The highest BCUT2D eigenvalue weighted by molar-refractivity contribution is 5.96. The number of hydrogen-bond donors (Lipinski definition) is 4. The van der Waals surface area contributed by atoms with Crippen LogP contribution in [-0.4, -0.2) is 105 Å². The van der Waals surface area contributed by atoms with Crippen LogP contribution in [0.3, 0.4) is 0 Å². The van der Waals surface area contributed by atoms with Crippen molar-refractivity contribution in [1.29, 1.82) is 0 Å². The molecule has 7 rings (SSSR count). The molecular formula is C47H51NO14. The van der Waals surface area contributed by atoms with Gasteiger partial charge in [-0.1, -0.05) is 80.6 Å². The Bertz CT molecular complexity index is 2280. The lowest BCUT2D eigenvalue weighted by Crippen LogP contribution is -2.82. The zero-order chi connectivity index (χ0) is 44.9. The van der Waals surface area contributed by atoms with Gasteiger partial charge in [0.2, 0.25) is 0 Å². The zero-order valence-corrected chi connectivity index (χ0v) is 35.2. The van der Waals surface area contributed by atoms with Crippen molar-refractivity contribution in [2.24, 2.45) is 16.7 Å². The fourth-order valence-corrected chi connectivity index (χ4v) is 10.2. The van der Waals surface area contributed by atoms with Crippen LogP contribution in [0.5, 0.6) is 0 Å². The molecule has 8 unspecified atom stereocenters. The van der Waals surface area contributed by atoms with Gasteiger partial charge in [0, 0.05) is 37.7 Å². The number of aliphatic hydroxyl groups excluding tert-OH is 2. The maximum absolute atomic E-state index is 15.5. The zero-order valence-electron chi connectivity index (χ0n) is 35.2. The van der Waals surface area contributed by atoms with Crippen LogP contribution in [-0.2, 0) is 42.9 Å². The maximum atomic E-state index is 15.5. The second-order valence-corrected chi connectivity index (χ2v) is 17.4. The van der Waals surface area contributed by atoms with E-state index in [-0.39, 0.29) is 35.3 Å². The first kappa shape index (κ1) is 44.3. The Morgan fingerprint density at radius 3 is 1.95 bits per heavy atom. The molecular weight excluding hydrogens is 803 g/mol. The van der Waals surface area contributed by atoms with Crippen molar-refractivity contribution in [3.63, 3.8) is 0 Å². The van der Waals surface area contributed by atoms with Gasteiger partial charge in [-0.3, -0.25) is 19.2 Å². The third-order valence-corrected chi connectivity index (χ3v) is 13.5. The van der Waals surface area contributed by atoms with Crippen LogP contribution >= 0.6 is 0 Å². The molecule has 2 bridgehead atoms. The Morgan fingerprint density at radius 2 is 1.40 bits per heavy atom. The number of amides is 1. The monoisotopic (exact) mass is 853 g/mol. The Balaban J connectivity index is 1.39. The number of aliphatic hydroxyl groups is 3. The predicted octanol–water partition coefficient (Wildman–Crippen LogP) is 3.74. The summed E-state index contributed by atoms with van der Waals surface area (Å²) < 4.78 is 30.3. The highest BCUT2D eigenvalue weighted by Gasteiger charge is 2.78. The van der Waals surface area contributed by atoms with Gasteiger partial charge in [0.1, 0.15) is 23.9 Å². The van der Waals surface area contributed by atoms with Gasteiger partial charge in [-0.15, -0.1) is 0 Å². The van der Waals surface area contributed by atoms with Crippen molar-refractivity contribution in [3.8, 4) is 0 Å². The van der Waals surface area contributed by atoms with E-state index in [1.54, 1.807) is 92.7 Å². The van der Waals surface area contributed by atoms with Gasteiger partial charge in [-0.05, 0) is 54.8 Å². The third-order valence-electron chi connectivity index (χ3n) is 13.5. The maximum Gasteiger partial charge on any atom is 0.338 e. The predicted molar refractivity (Wildman–Crippen MR) is 218 cm³/mol. The number of nitrogens with one attached hydrogen (secondary N) is 1. The van der Waals surface area contributed by atoms with Crippen LogP contribution in [0.2, 0.25) is 0 Å². The van der Waals surface area contributed by atoms with E-state index >= 15 is 4.79 Å². The molecule has 3 aliphatic carbocycles. The summed E-state index contributed by atoms with van der Waals surface area (Å²) >= 11 is 0. The van der Waals surface area contributed by atoms with E-state index in [2.05, 4.69) is 5.32 Å². The number of esters is 4. The lowest BCUT2D eigenvalue weighted by molar-refractivity contribution is -0.346. The van der Waals surface area contributed by atoms with E-state index in [1.165, 1.54) is 26.0 Å². The molecule has 11 atom stereocenters. The van der Waals surface area contributed by atoms with Crippen LogP contribution in [0.1, 0.15) is 86.7 Å². The molecule has 1 heterocycles. The summed E-state index contributed by atoms with van der Waals surface area (Å²) in [4.78, 5) is 83.5. The van der Waals surface area contributed by atoms with E-state index < -0.39 is 113 Å². The van der Waals surface area contributed by atoms with Gasteiger partial charge in [0.05, 0.1) is 35.6 Å². The minimum atomic E-state index is -2.39. The van der Waals surface area contributed by atoms with E-state index in [0.29, 0.717) is 5.56 Å². The molecule has 3 fully saturated rings. The summed E-state index contributed by atoms with van der Waals surface area (Å²) in [6.07, 6.45) is -10.5. The van der Waals surface area contributed by atoms with Gasteiger partial charge in [-0.25, -0.2) is 9.59 Å². The van der Waals surface area contributed by atoms with Crippen LogP contribution in [0, 0.1) is 16.7 Å². The Hall–Kier alpha value is -5.74. The minimum Gasteiger partial charge on any atom is -0.456 e. The van der Waals surface area contributed by atoms with Gasteiger partial charge >= 0.3 is 23.9 Å². The Kier molecular flexibility index (Phi) is 11.8. The molecule has 15 heteroatoms. The fourth-order valence-electron chi connectivity index (χ4n) is 10.2. The molecule has 1 amide bonds. The summed E-state index contributed by atoms with van der Waals surface area (Å²) in [7, 11) is 0. The van der Waals surface area contributed by atoms with Crippen molar-refractivity contribution >= 4 is 35.6 Å². The van der Waals surface area contributed by atoms with E-state index in [4.69, 9.17) is 23.7 Å². The number of fused-ring (bicyclic) bond motifs is 5. The first-order valence-corrected chi connectivity index (χ1v) is 20.5. The second kappa shape index (κ2) is 16.5. The lowest BCUT2D eigenvalue weighted by atomic mass is 9.44. The number of rotatable bonds is 10. The molecule has 15 nitrogen and oxygen atoms in total. The molecule has 4 N–H and O–H groups in total. The van der Waals surface area contributed by atoms with Crippen molar-refractivity contribution < 1.29 is 67.8 Å². The van der Waals surface area contributed by atoms with Gasteiger partial charge in [0.15, 0.2) is 23.6 Å². The molecule has 1 saturated heterocycles. The number of carbonyl (C=O) groups excluding carboxylic acids is 6. The smallest absolute Gasteiger partial charge is 0.338 e. The van der Waals surface area contributed by atoms with Crippen LogP contribution < -0.4 is 5.32 Å². The fraction of sp³-hybridized carbons (Fsp3) is 0.447. The normalized spacial score (nSPS) is 31.9. The lowest BCUT2D eigenvalue weighted by Gasteiger charge is -2.67. The Labute approximate surface area is 358 Å². The largest absolute Gasteiger partial charge is 0.456 e. The average Bonchev–Trinajstić information content (AvgIpc) is 3.24. The van der Waals surface area contributed by atoms with Crippen LogP contribution in [0.4, 0.5) is 0 Å². The number of carbonyl (C=O) groups is 6. The average molecular weight is 854 g/mol. The molecule has 2 saturated carbocycles. The molecule has 0 aromatic heterocycles. The SMILES string of the molecule is CC(=O)OC1C(=O)[C@]2(C)C(O)CC3OC[C@@]3(OC(C)=O)C2C(OC(=O)c2ccccc2)[C@]2(O)CC(OC(=O)C(O)C(NC(=O)c3ccccc3)c3ccccc3)C(C)=C1C2(C)C. The molecule has 4 aliphatic rings. The van der Waals surface area contributed by atoms with Crippen LogP contribution in [0.25, 0.3) is 0 Å². The molecule has 3 aromatic carbocycles. The molecule has 1 aliphatic heterocycles. The number of ether oxygens (including phenoxy) is 5. The number of ketones is 1. The first-order chi connectivity index (χ1) is 29.3. The molecule has 328 valence electrons. The van der Waals surface area contributed by atoms with Crippen molar-refractivity contribution in [2.75, 3.05) is 6.61 Å².